The topological polar surface area (TPSA) is 119 Å². The number of carbonyl (C=O) groups is 2. The van der Waals surface area contributed by atoms with Crippen LogP contribution in [-0.4, -0.2) is 41.7 Å². The van der Waals surface area contributed by atoms with Crippen LogP contribution in [0.25, 0.3) is 0 Å². The monoisotopic (exact) mass is 282 g/mol. The number of hydrogen-bond acceptors (Lipinski definition) is 5. The molecule has 20 heavy (non-hydrogen) atoms. The highest BCUT2D eigenvalue weighted by Gasteiger charge is 2.12. The van der Waals surface area contributed by atoms with E-state index in [1.54, 1.807) is 6.92 Å². The minimum atomic E-state index is -1.09. The molecule has 2 N–H and O–H groups in total. The third-order valence-electron chi connectivity index (χ3n) is 2.29. The number of aryl methyl sites for hydroxylation is 1. The Morgan fingerprint density at radius 2 is 2.10 bits per heavy atom. The van der Waals surface area contributed by atoms with Gasteiger partial charge in [0.2, 0.25) is 0 Å². The number of nitrogens with zero attached hydrogens (tertiary/aromatic N) is 1. The molecule has 0 aromatic heterocycles. The molecule has 1 aromatic carbocycles. The zero-order chi connectivity index (χ0) is 15.1. The maximum atomic E-state index is 11.8. The minimum Gasteiger partial charge on any atom is -0.480 e. The fourth-order valence-corrected chi connectivity index (χ4v) is 1.50. The first-order valence-electron chi connectivity index (χ1n) is 5.74. The van der Waals surface area contributed by atoms with Crippen LogP contribution in [0.2, 0.25) is 0 Å². The summed E-state index contributed by atoms with van der Waals surface area (Å²) in [6.45, 7) is 1.38. The van der Waals surface area contributed by atoms with Crippen LogP contribution >= 0.6 is 0 Å². The van der Waals surface area contributed by atoms with Crippen molar-refractivity contribution in [2.24, 2.45) is 0 Å². The van der Waals surface area contributed by atoms with Crippen LogP contribution in [0.3, 0.4) is 0 Å². The van der Waals surface area contributed by atoms with Crippen molar-refractivity contribution in [3.8, 4) is 0 Å². The van der Waals surface area contributed by atoms with Crippen LogP contribution in [0.4, 0.5) is 5.69 Å². The van der Waals surface area contributed by atoms with E-state index in [4.69, 9.17) is 9.84 Å². The van der Waals surface area contributed by atoms with Crippen molar-refractivity contribution < 1.29 is 24.4 Å². The second kappa shape index (κ2) is 7.19. The summed E-state index contributed by atoms with van der Waals surface area (Å²) in [6.07, 6.45) is 0. The lowest BCUT2D eigenvalue weighted by atomic mass is 10.1. The Hall–Kier alpha value is -2.48. The van der Waals surface area contributed by atoms with Crippen LogP contribution in [0.15, 0.2) is 18.2 Å². The number of carbonyl (C=O) groups excluding carboxylic acids is 1. The zero-order valence-corrected chi connectivity index (χ0v) is 10.8. The number of nitro benzene ring substituents is 1. The highest BCUT2D eigenvalue weighted by Crippen LogP contribution is 2.16. The quantitative estimate of drug-likeness (QED) is 0.432. The first-order valence-corrected chi connectivity index (χ1v) is 5.74. The molecule has 8 nitrogen and oxygen atoms in total. The predicted molar refractivity (Wildman–Crippen MR) is 68.6 cm³/mol. The summed E-state index contributed by atoms with van der Waals surface area (Å²) in [4.78, 5) is 32.1. The first kappa shape index (κ1) is 15.6. The lowest BCUT2D eigenvalue weighted by Crippen LogP contribution is -2.28. The zero-order valence-electron chi connectivity index (χ0n) is 10.8. The Kier molecular flexibility index (Phi) is 5.60. The molecule has 0 unspecified atom stereocenters. The fraction of sp³-hybridized carbons (Fsp3) is 0.333. The van der Waals surface area contributed by atoms with Gasteiger partial charge < -0.3 is 15.2 Å². The van der Waals surface area contributed by atoms with E-state index in [2.05, 4.69) is 5.32 Å². The third kappa shape index (κ3) is 5.02. The molecule has 1 amide bonds. The molecule has 0 aliphatic heterocycles. The highest BCUT2D eigenvalue weighted by atomic mass is 16.6. The van der Waals surface area contributed by atoms with Crippen LogP contribution in [0.5, 0.6) is 0 Å². The van der Waals surface area contributed by atoms with Gasteiger partial charge in [-0.15, -0.1) is 0 Å². The molecular weight excluding hydrogens is 268 g/mol. The number of aliphatic carboxylic acids is 1. The second-order valence-corrected chi connectivity index (χ2v) is 4.02. The summed E-state index contributed by atoms with van der Waals surface area (Å²) in [5.41, 5.74) is 0.624. The van der Waals surface area contributed by atoms with E-state index in [0.29, 0.717) is 5.56 Å². The van der Waals surface area contributed by atoms with E-state index in [1.165, 1.54) is 18.2 Å². The van der Waals surface area contributed by atoms with Gasteiger partial charge >= 0.3 is 5.97 Å². The number of nitro groups is 1. The van der Waals surface area contributed by atoms with Crippen molar-refractivity contribution in [3.05, 3.63) is 39.4 Å². The van der Waals surface area contributed by atoms with Gasteiger partial charge in [-0.3, -0.25) is 14.9 Å². The van der Waals surface area contributed by atoms with E-state index < -0.39 is 23.4 Å². The van der Waals surface area contributed by atoms with E-state index >= 15 is 0 Å². The van der Waals surface area contributed by atoms with Crippen molar-refractivity contribution in [1.82, 2.24) is 5.32 Å². The van der Waals surface area contributed by atoms with Crippen molar-refractivity contribution in [2.45, 2.75) is 6.92 Å². The van der Waals surface area contributed by atoms with E-state index in [0.717, 1.165) is 0 Å². The summed E-state index contributed by atoms with van der Waals surface area (Å²) < 4.78 is 4.74. The van der Waals surface area contributed by atoms with Crippen LogP contribution in [0.1, 0.15) is 15.9 Å². The Bertz CT molecular complexity index is 529. The van der Waals surface area contributed by atoms with Crippen molar-refractivity contribution in [1.29, 1.82) is 0 Å². The molecule has 0 saturated carbocycles. The molecule has 0 aliphatic rings. The molecule has 0 spiro atoms. The molecule has 0 radical (unpaired) electrons. The molecular formula is C12H14N2O6. The number of amides is 1. The normalized spacial score (nSPS) is 10.1. The van der Waals surface area contributed by atoms with Gasteiger partial charge in [0.15, 0.2) is 0 Å². The van der Waals surface area contributed by atoms with E-state index in [1.807, 2.05) is 0 Å². The van der Waals surface area contributed by atoms with E-state index in [-0.39, 0.29) is 24.4 Å². The predicted octanol–water partition coefficient (Wildman–Crippen LogP) is 0.734. The van der Waals surface area contributed by atoms with Gasteiger partial charge in [0.05, 0.1) is 11.5 Å². The molecule has 0 heterocycles. The SMILES string of the molecule is Cc1cc(C(=O)NCCOCC(=O)O)cc([N+](=O)[O-])c1. The average molecular weight is 282 g/mol. The molecule has 0 atom stereocenters. The van der Waals surface area contributed by atoms with Crippen molar-refractivity contribution in [3.63, 3.8) is 0 Å². The number of benzene rings is 1. The molecule has 108 valence electrons. The molecule has 0 fully saturated rings. The van der Waals surface area contributed by atoms with Gasteiger partial charge in [-0.1, -0.05) is 0 Å². The second-order valence-electron chi connectivity index (χ2n) is 4.02. The van der Waals surface area contributed by atoms with Gasteiger partial charge in [-0.05, 0) is 18.6 Å². The van der Waals surface area contributed by atoms with Crippen LogP contribution in [0, 0.1) is 17.0 Å². The maximum Gasteiger partial charge on any atom is 0.329 e. The lowest BCUT2D eigenvalue weighted by molar-refractivity contribution is -0.384. The summed E-state index contributed by atoms with van der Waals surface area (Å²) in [5, 5.41) is 21.5. The maximum absolute atomic E-state index is 11.8. The fourth-order valence-electron chi connectivity index (χ4n) is 1.50. The Morgan fingerprint density at radius 3 is 2.70 bits per heavy atom. The molecule has 0 saturated heterocycles. The third-order valence-corrected chi connectivity index (χ3v) is 2.29. The first-order chi connectivity index (χ1) is 9.40. The van der Waals surface area contributed by atoms with Crippen LogP contribution in [-0.2, 0) is 9.53 Å². The Morgan fingerprint density at radius 1 is 1.40 bits per heavy atom. The Labute approximate surface area is 114 Å². The molecule has 1 aromatic rings. The number of carboxylic acid groups (broad SMARTS) is 1. The summed E-state index contributed by atoms with van der Waals surface area (Å²) in [6, 6.07) is 4.08. The number of hydrogen-bond donors (Lipinski definition) is 2. The van der Waals surface area contributed by atoms with Crippen LogP contribution < -0.4 is 5.32 Å². The standard InChI is InChI=1S/C12H14N2O6/c1-8-4-9(6-10(5-8)14(18)19)12(17)13-2-3-20-7-11(15)16/h4-6H,2-3,7H2,1H3,(H,13,17)(H,15,16). The summed E-state index contributed by atoms with van der Waals surface area (Å²) in [5.74, 6) is -1.57. The molecule has 8 heteroatoms. The van der Waals surface area contributed by atoms with Gasteiger partial charge in [0.25, 0.3) is 11.6 Å². The number of rotatable bonds is 7. The van der Waals surface area contributed by atoms with E-state index in [9.17, 15) is 19.7 Å². The number of ether oxygens (including phenoxy) is 1. The number of non-ortho nitro benzene ring substituents is 1. The molecule has 1 rings (SSSR count). The van der Waals surface area contributed by atoms with Gasteiger partial charge in [0.1, 0.15) is 6.61 Å². The average Bonchev–Trinajstić information content (AvgIpc) is 2.36. The summed E-state index contributed by atoms with van der Waals surface area (Å²) >= 11 is 0. The largest absolute Gasteiger partial charge is 0.480 e. The van der Waals surface area contributed by atoms with Crippen molar-refractivity contribution >= 4 is 17.6 Å². The van der Waals surface area contributed by atoms with Crippen molar-refractivity contribution in [2.75, 3.05) is 19.8 Å². The smallest absolute Gasteiger partial charge is 0.329 e. The Balaban J connectivity index is 2.55. The number of carboxylic acids is 1. The number of nitrogens with one attached hydrogen (secondary N) is 1. The highest BCUT2D eigenvalue weighted by molar-refractivity contribution is 5.95. The van der Waals surface area contributed by atoms with Gasteiger partial charge in [0, 0.05) is 24.2 Å². The summed E-state index contributed by atoms with van der Waals surface area (Å²) in [7, 11) is 0. The minimum absolute atomic E-state index is 0.0476. The lowest BCUT2D eigenvalue weighted by Gasteiger charge is -2.06. The van der Waals surface area contributed by atoms with Gasteiger partial charge in [-0.25, -0.2) is 4.79 Å². The molecule has 0 bridgehead atoms. The van der Waals surface area contributed by atoms with Gasteiger partial charge in [-0.2, -0.15) is 0 Å². The molecule has 0 aliphatic carbocycles.